The van der Waals surface area contributed by atoms with Crippen LogP contribution in [0.15, 0.2) is 109 Å². The summed E-state index contributed by atoms with van der Waals surface area (Å²) in [6, 6.07) is 38.8. The molecule has 0 aliphatic heterocycles. The van der Waals surface area contributed by atoms with Crippen molar-refractivity contribution in [1.29, 1.82) is 0 Å². The quantitative estimate of drug-likeness (QED) is 0.272. The Morgan fingerprint density at radius 1 is 0.531 bits per heavy atom. The molecular formula is C29H18N2S. The Balaban J connectivity index is 1.55. The highest BCUT2D eigenvalue weighted by Crippen LogP contribution is 2.38. The fourth-order valence-corrected chi connectivity index (χ4v) is 5.86. The van der Waals surface area contributed by atoms with Crippen LogP contribution in [-0.4, -0.2) is 9.55 Å². The van der Waals surface area contributed by atoms with Crippen LogP contribution in [0.3, 0.4) is 0 Å². The van der Waals surface area contributed by atoms with E-state index in [9.17, 15) is 0 Å². The Labute approximate surface area is 189 Å². The topological polar surface area (TPSA) is 17.8 Å². The van der Waals surface area contributed by atoms with Crippen molar-refractivity contribution in [3.63, 3.8) is 0 Å². The third kappa shape index (κ3) is 2.49. The first kappa shape index (κ1) is 17.7. The SMILES string of the molecule is c1ccc(-n2c3ccccc3c3ccccc32)c(-c2ccc3sc4ccccc4c3n2)c1. The van der Waals surface area contributed by atoms with Crippen molar-refractivity contribution >= 4 is 53.4 Å². The highest BCUT2D eigenvalue weighted by atomic mass is 32.1. The lowest BCUT2D eigenvalue weighted by molar-refractivity contribution is 1.18. The molecule has 0 unspecified atom stereocenters. The fraction of sp³-hybridized carbons (Fsp3) is 0. The van der Waals surface area contributed by atoms with E-state index in [1.54, 1.807) is 11.3 Å². The zero-order chi connectivity index (χ0) is 21.1. The van der Waals surface area contributed by atoms with Crippen molar-refractivity contribution in [2.45, 2.75) is 0 Å². The summed E-state index contributed by atoms with van der Waals surface area (Å²) in [7, 11) is 0. The largest absolute Gasteiger partial charge is 0.309 e. The fourth-order valence-electron chi connectivity index (χ4n) is 4.81. The molecule has 0 aliphatic carbocycles. The van der Waals surface area contributed by atoms with Crippen molar-refractivity contribution in [3.05, 3.63) is 109 Å². The average Bonchev–Trinajstić information content (AvgIpc) is 3.39. The van der Waals surface area contributed by atoms with Crippen molar-refractivity contribution < 1.29 is 0 Å². The van der Waals surface area contributed by atoms with E-state index in [4.69, 9.17) is 4.98 Å². The molecule has 0 bridgehead atoms. The zero-order valence-corrected chi connectivity index (χ0v) is 18.0. The number of thiophene rings is 1. The molecule has 0 atom stereocenters. The van der Waals surface area contributed by atoms with E-state index in [1.807, 2.05) is 0 Å². The van der Waals surface area contributed by atoms with Crippen molar-refractivity contribution in [3.8, 4) is 16.9 Å². The molecule has 150 valence electrons. The lowest BCUT2D eigenvalue weighted by Crippen LogP contribution is -1.97. The van der Waals surface area contributed by atoms with Gasteiger partial charge in [0.05, 0.1) is 32.6 Å². The van der Waals surface area contributed by atoms with Gasteiger partial charge in [-0.3, -0.25) is 0 Å². The third-order valence-electron chi connectivity index (χ3n) is 6.22. The van der Waals surface area contributed by atoms with Gasteiger partial charge >= 0.3 is 0 Å². The van der Waals surface area contributed by atoms with Gasteiger partial charge in [0.2, 0.25) is 0 Å². The molecule has 3 heteroatoms. The molecule has 7 rings (SSSR count). The van der Waals surface area contributed by atoms with Gasteiger partial charge in [-0.15, -0.1) is 11.3 Å². The second-order valence-electron chi connectivity index (χ2n) is 8.03. The van der Waals surface area contributed by atoms with Crippen molar-refractivity contribution in [2.75, 3.05) is 0 Å². The first-order valence-electron chi connectivity index (χ1n) is 10.7. The Hall–Kier alpha value is -3.95. The highest BCUT2D eigenvalue weighted by molar-refractivity contribution is 7.25. The van der Waals surface area contributed by atoms with E-state index in [0.29, 0.717) is 0 Å². The van der Waals surface area contributed by atoms with Gasteiger partial charge in [0, 0.05) is 26.4 Å². The van der Waals surface area contributed by atoms with Gasteiger partial charge in [-0.25, -0.2) is 4.98 Å². The molecule has 7 aromatic rings. The second kappa shape index (κ2) is 6.78. The number of benzene rings is 4. The minimum absolute atomic E-state index is 0.999. The van der Waals surface area contributed by atoms with Gasteiger partial charge in [0.1, 0.15) is 0 Å². The van der Waals surface area contributed by atoms with Gasteiger partial charge in [0.25, 0.3) is 0 Å². The highest BCUT2D eigenvalue weighted by Gasteiger charge is 2.16. The van der Waals surface area contributed by atoms with E-state index in [2.05, 4.69) is 114 Å². The standard InChI is InChI=1S/C29H18N2S/c1-5-13-24-19(9-1)20-10-2-6-14-25(20)31(24)26-15-7-3-11-21(26)23-17-18-28-29(30-23)22-12-4-8-16-27(22)32-28/h1-18H. The summed E-state index contributed by atoms with van der Waals surface area (Å²) in [5.74, 6) is 0. The molecule has 0 saturated carbocycles. The molecule has 32 heavy (non-hydrogen) atoms. The molecule has 4 aromatic carbocycles. The number of para-hydroxylation sites is 3. The maximum Gasteiger partial charge on any atom is 0.0895 e. The van der Waals surface area contributed by atoms with Crippen molar-refractivity contribution in [2.24, 2.45) is 0 Å². The van der Waals surface area contributed by atoms with Crippen LogP contribution >= 0.6 is 11.3 Å². The normalized spacial score (nSPS) is 11.8. The predicted octanol–water partition coefficient (Wildman–Crippen LogP) is 8.21. The molecule has 0 fully saturated rings. The Kier molecular flexibility index (Phi) is 3.75. The van der Waals surface area contributed by atoms with Crippen LogP contribution in [0.25, 0.3) is 59.1 Å². The molecule has 0 N–H and O–H groups in total. The number of fused-ring (bicyclic) bond motifs is 6. The molecule has 0 radical (unpaired) electrons. The summed E-state index contributed by atoms with van der Waals surface area (Å²) in [4.78, 5) is 5.16. The van der Waals surface area contributed by atoms with Gasteiger partial charge in [-0.2, -0.15) is 0 Å². The number of pyridine rings is 1. The molecule has 3 aromatic heterocycles. The Morgan fingerprint density at radius 2 is 1.16 bits per heavy atom. The minimum Gasteiger partial charge on any atom is -0.309 e. The van der Waals surface area contributed by atoms with Crippen LogP contribution in [0.4, 0.5) is 0 Å². The number of aromatic nitrogens is 2. The lowest BCUT2D eigenvalue weighted by Gasteiger charge is -2.13. The maximum atomic E-state index is 5.16. The zero-order valence-electron chi connectivity index (χ0n) is 17.2. The first-order valence-corrected chi connectivity index (χ1v) is 11.6. The van der Waals surface area contributed by atoms with Crippen LogP contribution in [0.1, 0.15) is 0 Å². The number of rotatable bonds is 2. The average molecular weight is 427 g/mol. The minimum atomic E-state index is 0.999. The monoisotopic (exact) mass is 426 g/mol. The molecule has 3 heterocycles. The molecule has 0 spiro atoms. The molecule has 2 nitrogen and oxygen atoms in total. The van der Waals surface area contributed by atoms with Crippen LogP contribution in [-0.2, 0) is 0 Å². The maximum absolute atomic E-state index is 5.16. The summed E-state index contributed by atoms with van der Waals surface area (Å²) in [5.41, 5.74) is 6.79. The number of hydrogen-bond donors (Lipinski definition) is 0. The van der Waals surface area contributed by atoms with Crippen LogP contribution in [0, 0.1) is 0 Å². The van der Waals surface area contributed by atoms with Gasteiger partial charge in [-0.1, -0.05) is 72.8 Å². The van der Waals surface area contributed by atoms with E-state index >= 15 is 0 Å². The number of nitrogens with zero attached hydrogens (tertiary/aromatic N) is 2. The van der Waals surface area contributed by atoms with Crippen molar-refractivity contribution in [1.82, 2.24) is 9.55 Å². The lowest BCUT2D eigenvalue weighted by atomic mass is 10.1. The summed E-state index contributed by atoms with van der Waals surface area (Å²) < 4.78 is 4.88. The molecule has 0 amide bonds. The van der Waals surface area contributed by atoms with Crippen LogP contribution in [0.5, 0.6) is 0 Å². The molecule has 0 saturated heterocycles. The van der Waals surface area contributed by atoms with E-state index < -0.39 is 0 Å². The first-order chi connectivity index (χ1) is 15.9. The number of hydrogen-bond acceptors (Lipinski definition) is 2. The Morgan fingerprint density at radius 3 is 1.94 bits per heavy atom. The second-order valence-corrected chi connectivity index (χ2v) is 9.11. The van der Waals surface area contributed by atoms with Crippen LogP contribution in [0.2, 0.25) is 0 Å². The molecule has 0 aliphatic rings. The summed E-state index contributed by atoms with van der Waals surface area (Å²) in [6.07, 6.45) is 0. The smallest absolute Gasteiger partial charge is 0.0895 e. The van der Waals surface area contributed by atoms with Gasteiger partial charge < -0.3 is 4.57 Å². The van der Waals surface area contributed by atoms with E-state index in [1.165, 1.54) is 36.6 Å². The summed E-state index contributed by atoms with van der Waals surface area (Å²) in [6.45, 7) is 0. The van der Waals surface area contributed by atoms with E-state index in [0.717, 1.165) is 22.5 Å². The van der Waals surface area contributed by atoms with Gasteiger partial charge in [-0.05, 0) is 36.4 Å². The van der Waals surface area contributed by atoms with E-state index in [-0.39, 0.29) is 0 Å². The Bertz CT molecular complexity index is 1730. The van der Waals surface area contributed by atoms with Gasteiger partial charge in [0.15, 0.2) is 0 Å². The predicted molar refractivity (Wildman–Crippen MR) is 137 cm³/mol. The molecular weight excluding hydrogens is 408 g/mol. The van der Waals surface area contributed by atoms with Crippen LogP contribution < -0.4 is 0 Å². The summed E-state index contributed by atoms with van der Waals surface area (Å²) in [5, 5.41) is 3.76. The summed E-state index contributed by atoms with van der Waals surface area (Å²) >= 11 is 1.80. The third-order valence-corrected chi connectivity index (χ3v) is 7.35.